The third kappa shape index (κ3) is 2.10. The van der Waals surface area contributed by atoms with Gasteiger partial charge in [0.2, 0.25) is 0 Å². The van der Waals surface area contributed by atoms with Crippen molar-refractivity contribution in [2.75, 3.05) is 26.3 Å². The van der Waals surface area contributed by atoms with Crippen molar-refractivity contribution in [3.05, 3.63) is 0 Å². The van der Waals surface area contributed by atoms with E-state index in [4.69, 9.17) is 4.74 Å². The molecule has 0 bridgehead atoms. The molecule has 3 heteroatoms. The van der Waals surface area contributed by atoms with Crippen LogP contribution in [0.2, 0.25) is 0 Å². The molecule has 2 atom stereocenters. The lowest BCUT2D eigenvalue weighted by Gasteiger charge is -2.45. The Labute approximate surface area is 86.8 Å². The van der Waals surface area contributed by atoms with Crippen LogP contribution in [0.25, 0.3) is 0 Å². The normalized spacial score (nSPS) is 38.8. The van der Waals surface area contributed by atoms with Crippen LogP contribution in [0.4, 0.5) is 0 Å². The van der Waals surface area contributed by atoms with E-state index in [1.54, 1.807) is 0 Å². The highest BCUT2D eigenvalue weighted by atomic mass is 16.5. The van der Waals surface area contributed by atoms with Gasteiger partial charge in [0.25, 0.3) is 0 Å². The molecule has 2 unspecified atom stereocenters. The molecule has 2 saturated heterocycles. The van der Waals surface area contributed by atoms with Gasteiger partial charge in [0.1, 0.15) is 0 Å². The summed E-state index contributed by atoms with van der Waals surface area (Å²) in [6.07, 6.45) is 1.21. The summed E-state index contributed by atoms with van der Waals surface area (Å²) in [4.78, 5) is 2.61. The molecule has 2 rings (SSSR count). The third-order valence-corrected chi connectivity index (χ3v) is 3.39. The number of hydrogen-bond donors (Lipinski definition) is 1. The quantitative estimate of drug-likeness (QED) is 0.676. The summed E-state index contributed by atoms with van der Waals surface area (Å²) in [7, 11) is 0. The van der Waals surface area contributed by atoms with Crippen LogP contribution < -0.4 is 5.32 Å². The van der Waals surface area contributed by atoms with E-state index in [1.165, 1.54) is 6.42 Å². The lowest BCUT2D eigenvalue weighted by molar-refractivity contribution is 0.0544. The van der Waals surface area contributed by atoms with Crippen molar-refractivity contribution in [2.24, 2.45) is 0 Å². The van der Waals surface area contributed by atoms with E-state index in [1.807, 2.05) is 0 Å². The van der Waals surface area contributed by atoms with Gasteiger partial charge in [-0.3, -0.25) is 4.90 Å². The molecule has 0 saturated carbocycles. The molecule has 0 aromatic heterocycles. The van der Waals surface area contributed by atoms with E-state index >= 15 is 0 Å². The fourth-order valence-corrected chi connectivity index (χ4v) is 2.48. The van der Waals surface area contributed by atoms with E-state index in [9.17, 15) is 0 Å². The topological polar surface area (TPSA) is 24.5 Å². The summed E-state index contributed by atoms with van der Waals surface area (Å²) >= 11 is 0. The van der Waals surface area contributed by atoms with Crippen LogP contribution in [0.1, 0.15) is 27.2 Å². The van der Waals surface area contributed by atoms with Crippen LogP contribution in [0.5, 0.6) is 0 Å². The van der Waals surface area contributed by atoms with Crippen molar-refractivity contribution in [2.45, 2.75) is 44.8 Å². The highest BCUT2D eigenvalue weighted by molar-refractivity contribution is 4.94. The van der Waals surface area contributed by atoms with E-state index in [0.717, 1.165) is 26.3 Å². The van der Waals surface area contributed by atoms with Crippen molar-refractivity contribution in [1.29, 1.82) is 0 Å². The molecule has 0 aromatic carbocycles. The smallest absolute Gasteiger partial charge is 0.0622 e. The molecule has 0 radical (unpaired) electrons. The van der Waals surface area contributed by atoms with Crippen LogP contribution in [0.15, 0.2) is 0 Å². The summed E-state index contributed by atoms with van der Waals surface area (Å²) in [5.74, 6) is 0. The van der Waals surface area contributed by atoms with E-state index in [-0.39, 0.29) is 5.54 Å². The largest absolute Gasteiger partial charge is 0.380 e. The predicted octanol–water partition coefficient (Wildman–Crippen LogP) is 0.848. The zero-order valence-electron chi connectivity index (χ0n) is 9.55. The van der Waals surface area contributed by atoms with Gasteiger partial charge in [-0.1, -0.05) is 0 Å². The van der Waals surface area contributed by atoms with Crippen molar-refractivity contribution in [3.8, 4) is 0 Å². The average molecular weight is 198 g/mol. The molecule has 2 heterocycles. The Hall–Kier alpha value is -0.120. The van der Waals surface area contributed by atoms with Crippen LogP contribution in [0, 0.1) is 0 Å². The molecule has 0 aliphatic carbocycles. The Kier molecular flexibility index (Phi) is 2.82. The second-order valence-electron chi connectivity index (χ2n) is 5.30. The van der Waals surface area contributed by atoms with Crippen LogP contribution in [-0.4, -0.2) is 48.8 Å². The summed E-state index contributed by atoms with van der Waals surface area (Å²) in [6, 6.07) is 1.31. The summed E-state index contributed by atoms with van der Waals surface area (Å²) in [5.41, 5.74) is 0.259. The van der Waals surface area contributed by atoms with Crippen LogP contribution >= 0.6 is 0 Å². The first-order valence-electron chi connectivity index (χ1n) is 5.67. The minimum absolute atomic E-state index is 0.259. The average Bonchev–Trinajstić information content (AvgIpc) is 2.62. The van der Waals surface area contributed by atoms with Gasteiger partial charge in [0.05, 0.1) is 6.61 Å². The maximum absolute atomic E-state index is 5.46. The Balaban J connectivity index is 2.00. The molecule has 0 amide bonds. The highest BCUT2D eigenvalue weighted by Gasteiger charge is 2.35. The van der Waals surface area contributed by atoms with Crippen molar-refractivity contribution in [3.63, 3.8) is 0 Å². The second kappa shape index (κ2) is 3.80. The number of hydrogen-bond acceptors (Lipinski definition) is 3. The van der Waals surface area contributed by atoms with Crippen molar-refractivity contribution < 1.29 is 4.74 Å². The van der Waals surface area contributed by atoms with Gasteiger partial charge in [-0.05, 0) is 27.2 Å². The number of ether oxygens (including phenoxy) is 1. The minimum atomic E-state index is 0.259. The molecular weight excluding hydrogens is 176 g/mol. The highest BCUT2D eigenvalue weighted by Crippen LogP contribution is 2.21. The van der Waals surface area contributed by atoms with Gasteiger partial charge in [0.15, 0.2) is 0 Å². The summed E-state index contributed by atoms with van der Waals surface area (Å²) in [5, 5.41) is 3.58. The first kappa shape index (κ1) is 10.4. The zero-order valence-corrected chi connectivity index (χ0v) is 9.55. The number of nitrogens with zero attached hydrogens (tertiary/aromatic N) is 1. The molecule has 14 heavy (non-hydrogen) atoms. The van der Waals surface area contributed by atoms with Crippen molar-refractivity contribution >= 4 is 0 Å². The Morgan fingerprint density at radius 1 is 1.43 bits per heavy atom. The molecule has 82 valence electrons. The van der Waals surface area contributed by atoms with Gasteiger partial charge in [-0.2, -0.15) is 0 Å². The molecule has 3 nitrogen and oxygen atoms in total. The monoisotopic (exact) mass is 198 g/mol. The Bertz CT molecular complexity index is 199. The maximum atomic E-state index is 5.46. The molecule has 0 aromatic rings. The van der Waals surface area contributed by atoms with Crippen molar-refractivity contribution in [1.82, 2.24) is 10.2 Å². The van der Waals surface area contributed by atoms with Gasteiger partial charge < -0.3 is 10.1 Å². The van der Waals surface area contributed by atoms with Gasteiger partial charge >= 0.3 is 0 Å². The maximum Gasteiger partial charge on any atom is 0.0622 e. The SMILES string of the molecule is CC1CNC(C)(C)CN1C1CCOC1. The fourth-order valence-electron chi connectivity index (χ4n) is 2.48. The second-order valence-corrected chi connectivity index (χ2v) is 5.30. The number of rotatable bonds is 1. The van der Waals surface area contributed by atoms with Gasteiger partial charge in [-0.15, -0.1) is 0 Å². The lowest BCUT2D eigenvalue weighted by Crippen LogP contribution is -2.63. The van der Waals surface area contributed by atoms with Crippen LogP contribution in [-0.2, 0) is 4.74 Å². The van der Waals surface area contributed by atoms with Gasteiger partial charge in [-0.25, -0.2) is 0 Å². The van der Waals surface area contributed by atoms with Gasteiger partial charge in [0, 0.05) is 37.3 Å². The van der Waals surface area contributed by atoms with E-state index < -0.39 is 0 Å². The molecule has 1 N–H and O–H groups in total. The fraction of sp³-hybridized carbons (Fsp3) is 1.00. The number of nitrogens with one attached hydrogen (secondary N) is 1. The van der Waals surface area contributed by atoms with Crippen LogP contribution in [0.3, 0.4) is 0 Å². The van der Waals surface area contributed by atoms with E-state index in [0.29, 0.717) is 12.1 Å². The van der Waals surface area contributed by atoms with E-state index in [2.05, 4.69) is 31.0 Å². The predicted molar refractivity (Wildman–Crippen MR) is 57.5 cm³/mol. The summed E-state index contributed by atoms with van der Waals surface area (Å²) in [6.45, 7) is 11.0. The molecule has 2 aliphatic rings. The first-order chi connectivity index (χ1) is 6.58. The Morgan fingerprint density at radius 3 is 2.86 bits per heavy atom. The first-order valence-corrected chi connectivity index (χ1v) is 5.67. The molecular formula is C11H22N2O. The lowest BCUT2D eigenvalue weighted by atomic mass is 9.97. The third-order valence-electron chi connectivity index (χ3n) is 3.39. The Morgan fingerprint density at radius 2 is 2.21 bits per heavy atom. The zero-order chi connectivity index (χ0) is 10.2. The molecule has 2 fully saturated rings. The standard InChI is InChI=1S/C11H22N2O/c1-9-6-12-11(2,3)8-13(9)10-4-5-14-7-10/h9-10,12H,4-8H2,1-3H3. The molecule has 2 aliphatic heterocycles. The number of piperazine rings is 1. The summed E-state index contributed by atoms with van der Waals surface area (Å²) < 4.78 is 5.46. The minimum Gasteiger partial charge on any atom is -0.380 e. The molecule has 0 spiro atoms.